The standard InChI is InChI=1S/C22H25NO4S3/c1-12-17-14(7-5-9-22(17)28-10-11-29-22)27-18(12)19(24)23-20-16(21(25)26-2)13-6-3-4-8-15(13)30-20/h3-11H2,1-2H3,(H,23,24). The van der Waals surface area contributed by atoms with Crippen molar-refractivity contribution in [2.75, 3.05) is 23.9 Å². The fraction of sp³-hybridized carbons (Fsp3) is 0.545. The molecule has 0 aromatic carbocycles. The van der Waals surface area contributed by atoms with Crippen LogP contribution >= 0.6 is 34.9 Å². The van der Waals surface area contributed by atoms with Crippen LogP contribution in [0.2, 0.25) is 0 Å². The number of carbonyl (C=O) groups excluding carboxylic acids is 2. The predicted molar refractivity (Wildman–Crippen MR) is 123 cm³/mol. The van der Waals surface area contributed by atoms with Gasteiger partial charge in [-0.2, -0.15) is 0 Å². The topological polar surface area (TPSA) is 68.5 Å². The highest BCUT2D eigenvalue weighted by Gasteiger charge is 2.45. The molecule has 1 N–H and O–H groups in total. The van der Waals surface area contributed by atoms with E-state index < -0.39 is 0 Å². The number of fused-ring (bicyclic) bond motifs is 3. The molecule has 1 saturated heterocycles. The molecular weight excluding hydrogens is 438 g/mol. The fourth-order valence-electron chi connectivity index (χ4n) is 4.95. The van der Waals surface area contributed by atoms with Crippen LogP contribution in [0, 0.1) is 6.92 Å². The highest BCUT2D eigenvalue weighted by molar-refractivity contribution is 8.20. The Bertz CT molecular complexity index is 1020. The van der Waals surface area contributed by atoms with Gasteiger partial charge in [0.15, 0.2) is 5.76 Å². The van der Waals surface area contributed by atoms with Gasteiger partial charge in [0.1, 0.15) is 10.8 Å². The van der Waals surface area contributed by atoms with E-state index in [1.54, 1.807) is 0 Å². The molecule has 3 aliphatic rings. The molecule has 160 valence electrons. The van der Waals surface area contributed by atoms with Crippen molar-refractivity contribution in [2.24, 2.45) is 0 Å². The van der Waals surface area contributed by atoms with E-state index in [0.717, 1.165) is 73.3 Å². The lowest BCUT2D eigenvalue weighted by Gasteiger charge is -2.31. The number of thiophene rings is 1. The van der Waals surface area contributed by atoms with Gasteiger partial charge >= 0.3 is 5.97 Å². The maximum Gasteiger partial charge on any atom is 0.341 e. The van der Waals surface area contributed by atoms with Crippen LogP contribution in [-0.2, 0) is 28.1 Å². The Kier molecular flexibility index (Phi) is 5.44. The molecule has 1 spiro atoms. The smallest absolute Gasteiger partial charge is 0.341 e. The van der Waals surface area contributed by atoms with Crippen LogP contribution in [0.15, 0.2) is 4.42 Å². The number of nitrogens with one attached hydrogen (secondary N) is 1. The molecule has 8 heteroatoms. The van der Waals surface area contributed by atoms with Crippen molar-refractivity contribution in [2.45, 2.75) is 55.9 Å². The number of thioether (sulfide) groups is 2. The molecule has 3 heterocycles. The van der Waals surface area contributed by atoms with Gasteiger partial charge < -0.3 is 14.5 Å². The maximum atomic E-state index is 13.3. The first-order valence-corrected chi connectivity index (χ1v) is 13.3. The first kappa shape index (κ1) is 20.5. The number of amides is 1. The quantitative estimate of drug-likeness (QED) is 0.603. The molecule has 2 aliphatic carbocycles. The molecule has 0 radical (unpaired) electrons. The third-order valence-corrected chi connectivity index (χ3v) is 11.0. The van der Waals surface area contributed by atoms with E-state index in [1.165, 1.54) is 28.9 Å². The Balaban J connectivity index is 1.50. The number of aryl methyl sites for hydroxylation is 2. The number of anilines is 1. The molecule has 5 rings (SSSR count). The number of methoxy groups -OCH3 is 1. The SMILES string of the molecule is COC(=O)c1c(NC(=O)c2oc3c(c2C)C2(CCC3)SCCS2)sc2c1CCCC2. The van der Waals surface area contributed by atoms with Gasteiger partial charge in [0.25, 0.3) is 5.91 Å². The van der Waals surface area contributed by atoms with Crippen molar-refractivity contribution in [1.82, 2.24) is 0 Å². The fourth-order valence-corrected chi connectivity index (χ4v) is 9.78. The van der Waals surface area contributed by atoms with E-state index in [9.17, 15) is 9.59 Å². The molecule has 1 fully saturated rings. The molecule has 1 aliphatic heterocycles. The second-order valence-corrected chi connectivity index (χ2v) is 12.2. The number of esters is 1. The summed E-state index contributed by atoms with van der Waals surface area (Å²) in [6.45, 7) is 2.00. The molecule has 30 heavy (non-hydrogen) atoms. The van der Waals surface area contributed by atoms with E-state index in [4.69, 9.17) is 9.15 Å². The summed E-state index contributed by atoms with van der Waals surface area (Å²) in [4.78, 5) is 26.9. The van der Waals surface area contributed by atoms with Crippen LogP contribution in [0.1, 0.15) is 73.9 Å². The molecule has 5 nitrogen and oxygen atoms in total. The van der Waals surface area contributed by atoms with E-state index in [-0.39, 0.29) is 16.0 Å². The van der Waals surface area contributed by atoms with E-state index in [1.807, 2.05) is 30.4 Å². The Hall–Kier alpha value is -1.38. The van der Waals surface area contributed by atoms with Crippen molar-refractivity contribution < 1.29 is 18.7 Å². The second kappa shape index (κ2) is 7.95. The Morgan fingerprint density at radius 3 is 2.63 bits per heavy atom. The third-order valence-electron chi connectivity index (χ3n) is 6.26. The van der Waals surface area contributed by atoms with Gasteiger partial charge in [-0.15, -0.1) is 34.9 Å². The lowest BCUT2D eigenvalue weighted by atomic mass is 9.94. The van der Waals surface area contributed by atoms with Gasteiger partial charge in [-0.3, -0.25) is 4.79 Å². The van der Waals surface area contributed by atoms with E-state index in [2.05, 4.69) is 5.32 Å². The molecule has 0 saturated carbocycles. The molecule has 2 aromatic heterocycles. The minimum atomic E-state index is -0.377. The van der Waals surface area contributed by atoms with Crippen LogP contribution in [-0.4, -0.2) is 30.5 Å². The molecule has 0 bridgehead atoms. The third kappa shape index (κ3) is 3.22. The molecule has 1 amide bonds. The zero-order chi connectivity index (χ0) is 20.9. The summed E-state index contributed by atoms with van der Waals surface area (Å²) in [5, 5.41) is 3.59. The Morgan fingerprint density at radius 2 is 1.87 bits per heavy atom. The van der Waals surface area contributed by atoms with Gasteiger partial charge in [0.05, 0.1) is 16.8 Å². The van der Waals surface area contributed by atoms with Crippen LogP contribution in [0.4, 0.5) is 5.00 Å². The first-order chi connectivity index (χ1) is 14.5. The summed E-state index contributed by atoms with van der Waals surface area (Å²) in [5.74, 6) is 2.98. The largest absolute Gasteiger partial charge is 0.465 e. The van der Waals surface area contributed by atoms with Crippen molar-refractivity contribution in [3.63, 3.8) is 0 Å². The Morgan fingerprint density at radius 1 is 1.10 bits per heavy atom. The highest BCUT2D eigenvalue weighted by atomic mass is 32.2. The van der Waals surface area contributed by atoms with Crippen LogP contribution in [0.3, 0.4) is 0 Å². The van der Waals surface area contributed by atoms with Crippen LogP contribution in [0.5, 0.6) is 0 Å². The summed E-state index contributed by atoms with van der Waals surface area (Å²) in [6, 6.07) is 0. The zero-order valence-electron chi connectivity index (χ0n) is 17.2. The van der Waals surface area contributed by atoms with Gasteiger partial charge in [0, 0.05) is 33.9 Å². The number of furan rings is 1. The van der Waals surface area contributed by atoms with Crippen molar-refractivity contribution in [3.8, 4) is 0 Å². The van der Waals surface area contributed by atoms with Crippen LogP contribution < -0.4 is 5.32 Å². The molecular formula is C22H25NO4S3. The maximum absolute atomic E-state index is 13.3. The number of rotatable bonds is 3. The zero-order valence-corrected chi connectivity index (χ0v) is 19.7. The first-order valence-electron chi connectivity index (χ1n) is 10.5. The highest BCUT2D eigenvalue weighted by Crippen LogP contribution is 2.59. The summed E-state index contributed by atoms with van der Waals surface area (Å²) < 4.78 is 11.2. The molecule has 0 unspecified atom stereocenters. The molecule has 2 aromatic rings. The summed E-state index contributed by atoms with van der Waals surface area (Å²) in [6.07, 6.45) is 7.08. The average Bonchev–Trinajstić information content (AvgIpc) is 3.44. The van der Waals surface area contributed by atoms with Crippen molar-refractivity contribution in [3.05, 3.63) is 38.7 Å². The minimum Gasteiger partial charge on any atom is -0.465 e. The minimum absolute atomic E-state index is 0.0406. The molecule has 0 atom stereocenters. The van der Waals surface area contributed by atoms with E-state index >= 15 is 0 Å². The van der Waals surface area contributed by atoms with Crippen LogP contribution in [0.25, 0.3) is 0 Å². The Labute approximate surface area is 188 Å². The predicted octanol–water partition coefficient (Wildman–Crippen LogP) is 5.54. The lowest BCUT2D eigenvalue weighted by molar-refractivity contribution is 0.0601. The number of ether oxygens (including phenoxy) is 1. The summed E-state index contributed by atoms with van der Waals surface area (Å²) >= 11 is 5.49. The van der Waals surface area contributed by atoms with E-state index in [0.29, 0.717) is 16.3 Å². The van der Waals surface area contributed by atoms with Crippen molar-refractivity contribution >= 4 is 51.7 Å². The van der Waals surface area contributed by atoms with Gasteiger partial charge in [-0.05, 0) is 51.0 Å². The summed E-state index contributed by atoms with van der Waals surface area (Å²) in [5.41, 5.74) is 3.74. The number of hydrogen-bond acceptors (Lipinski definition) is 7. The van der Waals surface area contributed by atoms with Crippen molar-refractivity contribution in [1.29, 1.82) is 0 Å². The summed E-state index contributed by atoms with van der Waals surface area (Å²) in [7, 11) is 1.39. The van der Waals surface area contributed by atoms with Gasteiger partial charge in [-0.1, -0.05) is 0 Å². The monoisotopic (exact) mass is 463 g/mol. The number of hydrogen-bond donors (Lipinski definition) is 1. The van der Waals surface area contributed by atoms with Gasteiger partial charge in [-0.25, -0.2) is 4.79 Å². The lowest BCUT2D eigenvalue weighted by Crippen LogP contribution is -2.21. The normalized spacial score (nSPS) is 19.4. The average molecular weight is 464 g/mol. The van der Waals surface area contributed by atoms with Gasteiger partial charge in [0.2, 0.25) is 0 Å². The number of carbonyl (C=O) groups is 2. The second-order valence-electron chi connectivity index (χ2n) is 8.02.